The SMILES string of the molecule is N#Cc1cc(-c2nc(-c3ccccc3)nc(-c3ccccc3)n2)c2c(oc3ccccc32)c1-n1c2ccccc2c2ccc3c(c21)-c1ccccc1C31c2ccccc2-c2ccccc21. The van der Waals surface area contributed by atoms with E-state index in [4.69, 9.17) is 19.4 Å². The highest BCUT2D eigenvalue weighted by atomic mass is 16.3. The van der Waals surface area contributed by atoms with Crippen LogP contribution in [0, 0.1) is 11.3 Å². The van der Waals surface area contributed by atoms with Gasteiger partial charge < -0.3 is 8.98 Å². The highest BCUT2D eigenvalue weighted by Gasteiger charge is 2.52. The molecule has 0 amide bonds. The lowest BCUT2D eigenvalue weighted by atomic mass is 9.70. The van der Waals surface area contributed by atoms with Crippen molar-refractivity contribution in [2.45, 2.75) is 5.41 Å². The number of rotatable bonds is 4. The summed E-state index contributed by atoms with van der Waals surface area (Å²) in [5, 5.41) is 15.4. The predicted octanol–water partition coefficient (Wildman–Crippen LogP) is 14.1. The van der Waals surface area contributed by atoms with Gasteiger partial charge in [0.2, 0.25) is 0 Å². The van der Waals surface area contributed by atoms with Gasteiger partial charge in [-0.2, -0.15) is 5.26 Å². The maximum Gasteiger partial charge on any atom is 0.164 e. The Balaban J connectivity index is 1.13. The zero-order valence-corrected chi connectivity index (χ0v) is 34.7. The summed E-state index contributed by atoms with van der Waals surface area (Å²) >= 11 is 0. The molecule has 65 heavy (non-hydrogen) atoms. The van der Waals surface area contributed by atoms with Crippen molar-refractivity contribution in [3.63, 3.8) is 0 Å². The Bertz CT molecular complexity index is 3920. The summed E-state index contributed by atoms with van der Waals surface area (Å²) in [6, 6.07) is 72.4. The lowest BCUT2D eigenvalue weighted by Gasteiger charge is -2.30. The Morgan fingerprint density at radius 1 is 0.462 bits per heavy atom. The first kappa shape index (κ1) is 35.7. The number of fused-ring (bicyclic) bond motifs is 17. The van der Waals surface area contributed by atoms with Gasteiger partial charge in [-0.3, -0.25) is 0 Å². The minimum atomic E-state index is -0.545. The first-order chi connectivity index (χ1) is 32.2. The molecule has 3 heterocycles. The molecule has 1 spiro atoms. The Morgan fingerprint density at radius 3 is 1.66 bits per heavy atom. The topological polar surface area (TPSA) is 80.5 Å². The summed E-state index contributed by atoms with van der Waals surface area (Å²) in [5.74, 6) is 1.53. The van der Waals surface area contributed by atoms with Crippen molar-refractivity contribution in [1.82, 2.24) is 19.5 Å². The first-order valence-corrected chi connectivity index (χ1v) is 21.8. The molecule has 12 aromatic rings. The van der Waals surface area contributed by atoms with Gasteiger partial charge in [-0.15, -0.1) is 0 Å². The minimum Gasteiger partial charge on any atom is -0.454 e. The Kier molecular flexibility index (Phi) is 7.29. The summed E-state index contributed by atoms with van der Waals surface area (Å²) in [5.41, 5.74) is 16.1. The molecule has 0 N–H and O–H groups in total. The van der Waals surface area contributed by atoms with Crippen molar-refractivity contribution in [3.8, 4) is 68.2 Å². The minimum absolute atomic E-state index is 0.437. The molecule has 9 aromatic carbocycles. The normalized spacial score (nSPS) is 13.0. The van der Waals surface area contributed by atoms with Gasteiger partial charge >= 0.3 is 0 Å². The van der Waals surface area contributed by atoms with Crippen molar-refractivity contribution in [2.24, 2.45) is 0 Å². The number of hydrogen-bond acceptors (Lipinski definition) is 5. The smallest absolute Gasteiger partial charge is 0.164 e. The van der Waals surface area contributed by atoms with E-state index < -0.39 is 5.41 Å². The zero-order valence-electron chi connectivity index (χ0n) is 34.7. The van der Waals surface area contributed by atoms with Crippen molar-refractivity contribution >= 4 is 43.7 Å². The third kappa shape index (κ3) is 4.73. The number of nitrogens with zero attached hydrogens (tertiary/aromatic N) is 5. The second-order valence-corrected chi connectivity index (χ2v) is 16.9. The molecule has 0 bridgehead atoms. The molecular weight excluding hydrogens is 795 g/mol. The monoisotopic (exact) mass is 827 g/mol. The van der Waals surface area contributed by atoms with E-state index in [-0.39, 0.29) is 0 Å². The van der Waals surface area contributed by atoms with Gasteiger partial charge in [0.1, 0.15) is 17.3 Å². The van der Waals surface area contributed by atoms with Gasteiger partial charge in [0.05, 0.1) is 22.0 Å². The van der Waals surface area contributed by atoms with Gasteiger partial charge in [-0.25, -0.2) is 15.0 Å². The van der Waals surface area contributed by atoms with Crippen LogP contribution in [0.5, 0.6) is 0 Å². The molecular formula is C59H33N5O. The maximum atomic E-state index is 11.5. The number of nitriles is 1. The molecule has 14 rings (SSSR count). The highest BCUT2D eigenvalue weighted by molar-refractivity contribution is 6.20. The Hall–Kier alpha value is -8.92. The fourth-order valence-corrected chi connectivity index (χ4v) is 11.2. The molecule has 0 fully saturated rings. The number of benzene rings is 9. The summed E-state index contributed by atoms with van der Waals surface area (Å²) in [4.78, 5) is 15.3. The number of hydrogen-bond donors (Lipinski definition) is 0. The third-order valence-corrected chi connectivity index (χ3v) is 13.7. The van der Waals surface area contributed by atoms with Crippen molar-refractivity contribution < 1.29 is 4.42 Å². The quantitative estimate of drug-likeness (QED) is 0.176. The van der Waals surface area contributed by atoms with Gasteiger partial charge in [0.25, 0.3) is 0 Å². The van der Waals surface area contributed by atoms with Crippen LogP contribution in [0.25, 0.3) is 106 Å². The van der Waals surface area contributed by atoms with Gasteiger partial charge in [-0.05, 0) is 57.1 Å². The number of para-hydroxylation sites is 2. The van der Waals surface area contributed by atoms with Crippen LogP contribution in [-0.2, 0) is 5.41 Å². The summed E-state index contributed by atoms with van der Waals surface area (Å²) < 4.78 is 9.37. The zero-order chi connectivity index (χ0) is 42.8. The summed E-state index contributed by atoms with van der Waals surface area (Å²) in [6.45, 7) is 0. The molecule has 0 unspecified atom stereocenters. The summed E-state index contributed by atoms with van der Waals surface area (Å²) in [6.07, 6.45) is 0. The lowest BCUT2D eigenvalue weighted by molar-refractivity contribution is 0.666. The second-order valence-electron chi connectivity index (χ2n) is 16.9. The van der Waals surface area contributed by atoms with Gasteiger partial charge in [-0.1, -0.05) is 182 Å². The Morgan fingerprint density at radius 2 is 1.00 bits per heavy atom. The second kappa shape index (κ2) is 13.3. The van der Waals surface area contributed by atoms with Crippen LogP contribution in [0.15, 0.2) is 205 Å². The van der Waals surface area contributed by atoms with Crippen molar-refractivity contribution in [2.75, 3.05) is 0 Å². The fourth-order valence-electron chi connectivity index (χ4n) is 11.2. The van der Waals surface area contributed by atoms with Crippen LogP contribution < -0.4 is 0 Å². The molecule has 2 aliphatic carbocycles. The number of furan rings is 1. The molecule has 0 radical (unpaired) electrons. The largest absolute Gasteiger partial charge is 0.454 e. The predicted molar refractivity (Wildman–Crippen MR) is 259 cm³/mol. The maximum absolute atomic E-state index is 11.5. The van der Waals surface area contributed by atoms with Gasteiger partial charge in [0.15, 0.2) is 23.1 Å². The van der Waals surface area contributed by atoms with Crippen LogP contribution in [-0.4, -0.2) is 19.5 Å². The Labute approximate surface area is 373 Å². The average Bonchev–Trinajstić information content (AvgIpc) is 4.10. The molecule has 300 valence electrons. The number of aromatic nitrogens is 4. The van der Waals surface area contributed by atoms with E-state index >= 15 is 0 Å². The van der Waals surface area contributed by atoms with Crippen LogP contribution in [0.4, 0.5) is 0 Å². The van der Waals surface area contributed by atoms with E-state index in [0.29, 0.717) is 45.5 Å². The molecule has 6 nitrogen and oxygen atoms in total. The first-order valence-electron chi connectivity index (χ1n) is 21.8. The molecule has 2 aliphatic rings. The van der Waals surface area contributed by atoms with E-state index in [1.165, 1.54) is 38.9 Å². The van der Waals surface area contributed by atoms with E-state index in [1.807, 2.05) is 84.9 Å². The van der Waals surface area contributed by atoms with E-state index in [1.54, 1.807) is 0 Å². The standard InChI is InChI=1S/C59H33N5O/c60-34-37-33-44(58-62-56(35-17-3-1-4-18-35)61-57(63-58)36-19-5-2-6-20-36)51-43-25-11-16-30-50(43)65-55(51)53(37)64-49-29-15-10-23-40(49)41-31-32-48-52(54(41)64)42-24-9-14-28-47(42)59(48)45-26-12-7-21-38(45)39-22-8-13-27-46(39)59/h1-33H. The van der Waals surface area contributed by atoms with Crippen LogP contribution in [0.3, 0.4) is 0 Å². The van der Waals surface area contributed by atoms with Crippen LogP contribution >= 0.6 is 0 Å². The van der Waals surface area contributed by atoms with E-state index in [2.05, 4.69) is 126 Å². The fraction of sp³-hybridized carbons (Fsp3) is 0.0169. The molecule has 0 saturated heterocycles. The van der Waals surface area contributed by atoms with Crippen molar-refractivity contribution in [1.29, 1.82) is 5.26 Å². The van der Waals surface area contributed by atoms with Gasteiger partial charge in [0, 0.05) is 43.8 Å². The van der Waals surface area contributed by atoms with E-state index in [0.717, 1.165) is 49.3 Å². The average molecular weight is 828 g/mol. The molecule has 6 heteroatoms. The third-order valence-electron chi connectivity index (χ3n) is 13.7. The molecule has 0 atom stereocenters. The van der Waals surface area contributed by atoms with Crippen LogP contribution in [0.1, 0.15) is 27.8 Å². The summed E-state index contributed by atoms with van der Waals surface area (Å²) in [7, 11) is 0. The van der Waals surface area contributed by atoms with E-state index in [9.17, 15) is 5.26 Å². The highest BCUT2D eigenvalue weighted by Crippen LogP contribution is 2.64. The molecule has 0 aliphatic heterocycles. The van der Waals surface area contributed by atoms with Crippen LogP contribution in [0.2, 0.25) is 0 Å². The lowest BCUT2D eigenvalue weighted by Crippen LogP contribution is -2.25. The molecule has 0 saturated carbocycles. The van der Waals surface area contributed by atoms with Crippen molar-refractivity contribution in [3.05, 3.63) is 228 Å². The molecule has 3 aromatic heterocycles.